The van der Waals surface area contributed by atoms with Gasteiger partial charge in [0.1, 0.15) is 0 Å². The normalized spacial score (nSPS) is 9.71. The molecule has 5 heteroatoms. The second kappa shape index (κ2) is 10.5. The average molecular weight is 220 g/mol. The van der Waals surface area contributed by atoms with E-state index in [9.17, 15) is 0 Å². The molecular weight excluding hydrogens is 200 g/mol. The maximum Gasteiger partial charge on any atom is 0.499 e. The molecule has 0 heterocycles. The van der Waals surface area contributed by atoms with E-state index in [1.807, 2.05) is 6.92 Å². The monoisotopic (exact) mass is 220 g/mol. The molecule has 0 N–H and O–H groups in total. The summed E-state index contributed by atoms with van der Waals surface area (Å²) in [6.45, 7) is 8.50. The van der Waals surface area contributed by atoms with Crippen molar-refractivity contribution in [2.45, 2.75) is 13.0 Å². The van der Waals surface area contributed by atoms with Crippen molar-refractivity contribution in [2.24, 2.45) is 0 Å². The molecule has 0 aliphatic rings. The minimum atomic E-state index is -2.19. The second-order valence-electron chi connectivity index (χ2n) is 2.12. The minimum absolute atomic E-state index is 0.816. The first-order valence-electron chi connectivity index (χ1n) is 4.19. The molecule has 0 aliphatic carbocycles. The lowest BCUT2D eigenvalue weighted by atomic mass is 11.0. The lowest BCUT2D eigenvalue weighted by Gasteiger charge is -2.22. The molecule has 0 fully saturated rings. The highest BCUT2D eigenvalue weighted by molar-refractivity contribution is 6.60. The molecule has 0 saturated carbocycles. The van der Waals surface area contributed by atoms with Gasteiger partial charge in [0, 0.05) is 27.4 Å². The highest BCUT2D eigenvalue weighted by Gasteiger charge is 2.34. The Kier molecular flexibility index (Phi) is 11.8. The summed E-state index contributed by atoms with van der Waals surface area (Å²) in [4.78, 5) is 0. The van der Waals surface area contributed by atoms with Crippen LogP contribution in [0.15, 0.2) is 25.7 Å². The van der Waals surface area contributed by atoms with Gasteiger partial charge in [-0.05, 0) is 0 Å². The summed E-state index contributed by atoms with van der Waals surface area (Å²) < 4.78 is 19.6. The lowest BCUT2D eigenvalue weighted by molar-refractivity contribution is 0.125. The fourth-order valence-corrected chi connectivity index (χ4v) is 2.12. The van der Waals surface area contributed by atoms with Gasteiger partial charge in [0.25, 0.3) is 0 Å². The molecule has 84 valence electrons. The molecule has 0 rings (SSSR count). The molecule has 0 spiro atoms. The second-order valence-corrected chi connectivity index (χ2v) is 5.42. The predicted octanol–water partition coefficient (Wildman–Crippen LogP) is 2.17. The van der Waals surface area contributed by atoms with Gasteiger partial charge in [0.15, 0.2) is 0 Å². The largest absolute Gasteiger partial charge is 0.499 e. The van der Waals surface area contributed by atoms with Crippen LogP contribution in [0.3, 0.4) is 0 Å². The maximum absolute atomic E-state index is 5.08. The van der Waals surface area contributed by atoms with Crippen LogP contribution in [0.25, 0.3) is 0 Å². The average Bonchev–Trinajstić information content (AvgIpc) is 2.24. The Hall–Kier alpha value is -0.623. The van der Waals surface area contributed by atoms with Crippen LogP contribution in [0.2, 0.25) is 6.04 Å². The predicted molar refractivity (Wildman–Crippen MR) is 58.7 cm³/mol. The van der Waals surface area contributed by atoms with E-state index < -0.39 is 8.80 Å². The molecule has 0 amide bonds. The standard InChI is InChI=1S/C5H14O3Si.C4H6O/c1-5-9(6-2,7-3)8-4;1-3-5-4-2/h5H2,1-4H3;3-4H,1-2H2. The summed E-state index contributed by atoms with van der Waals surface area (Å²) in [7, 11) is 2.65. The van der Waals surface area contributed by atoms with E-state index in [2.05, 4.69) is 17.9 Å². The number of hydrogen-bond acceptors (Lipinski definition) is 4. The molecule has 0 aromatic rings. The molecule has 0 aromatic heterocycles. The molecule has 0 atom stereocenters. The molecule has 0 radical (unpaired) electrons. The van der Waals surface area contributed by atoms with Crippen LogP contribution in [0, 0.1) is 0 Å². The zero-order valence-corrected chi connectivity index (χ0v) is 10.4. The Morgan fingerprint density at radius 1 is 1.00 bits per heavy atom. The first-order chi connectivity index (χ1) is 6.66. The summed E-state index contributed by atoms with van der Waals surface area (Å²) in [5.74, 6) is 0. The van der Waals surface area contributed by atoms with Crippen molar-refractivity contribution < 1.29 is 18.0 Å². The van der Waals surface area contributed by atoms with Gasteiger partial charge in [-0.1, -0.05) is 20.1 Å². The highest BCUT2D eigenvalue weighted by atomic mass is 28.4. The first kappa shape index (κ1) is 15.8. The van der Waals surface area contributed by atoms with Crippen molar-refractivity contribution in [3.05, 3.63) is 25.7 Å². The van der Waals surface area contributed by atoms with Crippen molar-refractivity contribution in [2.75, 3.05) is 21.3 Å². The quantitative estimate of drug-likeness (QED) is 0.508. The summed E-state index contributed by atoms with van der Waals surface area (Å²) >= 11 is 0. The summed E-state index contributed by atoms with van der Waals surface area (Å²) in [6.07, 6.45) is 2.62. The zero-order valence-electron chi connectivity index (χ0n) is 9.41. The Morgan fingerprint density at radius 3 is 1.36 bits per heavy atom. The first-order valence-corrected chi connectivity index (χ1v) is 6.12. The van der Waals surface area contributed by atoms with E-state index in [4.69, 9.17) is 13.3 Å². The van der Waals surface area contributed by atoms with Gasteiger partial charge in [-0.25, -0.2) is 0 Å². The maximum atomic E-state index is 5.08. The van der Waals surface area contributed by atoms with E-state index in [-0.39, 0.29) is 0 Å². The molecule has 0 aliphatic heterocycles. The van der Waals surface area contributed by atoms with Gasteiger partial charge >= 0.3 is 8.80 Å². The summed E-state index contributed by atoms with van der Waals surface area (Å²) in [6, 6.07) is 0.816. The molecule has 0 unspecified atom stereocenters. The molecule has 0 bridgehead atoms. The molecular formula is C9H20O4Si. The highest BCUT2D eigenvalue weighted by Crippen LogP contribution is 2.10. The SMILES string of the molecule is C=COC=C.CC[Si](OC)(OC)OC. The van der Waals surface area contributed by atoms with Crippen LogP contribution < -0.4 is 0 Å². The Balaban J connectivity index is 0. The number of hydrogen-bond donors (Lipinski definition) is 0. The third-order valence-corrected chi connectivity index (χ3v) is 4.29. The van der Waals surface area contributed by atoms with Crippen LogP contribution in [-0.2, 0) is 18.0 Å². The van der Waals surface area contributed by atoms with Crippen LogP contribution >= 0.6 is 0 Å². The number of rotatable bonds is 6. The molecule has 4 nitrogen and oxygen atoms in total. The minimum Gasteiger partial charge on any atom is -0.474 e. The zero-order chi connectivity index (χ0) is 11.4. The fourth-order valence-electron chi connectivity index (χ4n) is 0.751. The lowest BCUT2D eigenvalue weighted by Crippen LogP contribution is -2.41. The topological polar surface area (TPSA) is 36.9 Å². The van der Waals surface area contributed by atoms with Crippen molar-refractivity contribution in [3.8, 4) is 0 Å². The van der Waals surface area contributed by atoms with Gasteiger partial charge in [0.2, 0.25) is 0 Å². The van der Waals surface area contributed by atoms with Crippen LogP contribution in [-0.4, -0.2) is 30.1 Å². The Morgan fingerprint density at radius 2 is 1.36 bits per heavy atom. The Bertz CT molecular complexity index is 122. The van der Waals surface area contributed by atoms with Crippen molar-refractivity contribution in [3.63, 3.8) is 0 Å². The molecule has 14 heavy (non-hydrogen) atoms. The summed E-state index contributed by atoms with van der Waals surface area (Å²) in [5, 5.41) is 0. The van der Waals surface area contributed by atoms with Gasteiger partial charge in [0.05, 0.1) is 12.5 Å². The Labute approximate surface area is 87.5 Å². The van der Waals surface area contributed by atoms with Gasteiger partial charge in [-0.15, -0.1) is 0 Å². The fraction of sp³-hybridized carbons (Fsp3) is 0.556. The van der Waals surface area contributed by atoms with Crippen LogP contribution in [0.4, 0.5) is 0 Å². The third kappa shape index (κ3) is 6.85. The van der Waals surface area contributed by atoms with Crippen molar-refractivity contribution in [1.82, 2.24) is 0 Å². The van der Waals surface area contributed by atoms with E-state index in [1.54, 1.807) is 21.3 Å². The van der Waals surface area contributed by atoms with E-state index >= 15 is 0 Å². The summed E-state index contributed by atoms with van der Waals surface area (Å²) in [5.41, 5.74) is 0. The van der Waals surface area contributed by atoms with Gasteiger partial charge in [-0.3, -0.25) is 0 Å². The van der Waals surface area contributed by atoms with Crippen molar-refractivity contribution in [1.29, 1.82) is 0 Å². The van der Waals surface area contributed by atoms with E-state index in [0.717, 1.165) is 6.04 Å². The van der Waals surface area contributed by atoms with Crippen LogP contribution in [0.1, 0.15) is 6.92 Å². The van der Waals surface area contributed by atoms with E-state index in [1.165, 1.54) is 12.5 Å². The van der Waals surface area contributed by atoms with Gasteiger partial charge in [-0.2, -0.15) is 0 Å². The number of ether oxygens (including phenoxy) is 1. The third-order valence-electron chi connectivity index (χ3n) is 1.56. The van der Waals surface area contributed by atoms with Gasteiger partial charge < -0.3 is 18.0 Å². The molecule has 0 aromatic carbocycles. The van der Waals surface area contributed by atoms with Crippen molar-refractivity contribution >= 4 is 8.80 Å². The van der Waals surface area contributed by atoms with E-state index in [0.29, 0.717) is 0 Å². The smallest absolute Gasteiger partial charge is 0.474 e. The molecule has 0 saturated heterocycles. The van der Waals surface area contributed by atoms with Crippen LogP contribution in [0.5, 0.6) is 0 Å².